The topological polar surface area (TPSA) is 40.6 Å². The summed E-state index contributed by atoms with van der Waals surface area (Å²) >= 11 is 0. The van der Waals surface area contributed by atoms with E-state index >= 15 is 0 Å². The first-order valence-corrected chi connectivity index (χ1v) is 8.23. The lowest BCUT2D eigenvalue weighted by Crippen LogP contribution is -2.40. The normalized spacial score (nSPS) is 20.6. The van der Waals surface area contributed by atoms with E-state index in [-0.39, 0.29) is 17.8 Å². The largest absolute Gasteiger partial charge is 0.489 e. The summed E-state index contributed by atoms with van der Waals surface area (Å²) in [7, 11) is 0. The lowest BCUT2D eigenvalue weighted by Gasteiger charge is -2.36. The highest BCUT2D eigenvalue weighted by Gasteiger charge is 2.32. The van der Waals surface area contributed by atoms with Crippen LogP contribution in [0.25, 0.3) is 0 Å². The molecule has 0 amide bonds. The van der Waals surface area contributed by atoms with Gasteiger partial charge in [0.2, 0.25) is 0 Å². The van der Waals surface area contributed by atoms with Gasteiger partial charge in [-0.3, -0.25) is 0 Å². The Morgan fingerprint density at radius 3 is 2.52 bits per heavy atom. The molecule has 0 N–H and O–H groups in total. The molecule has 0 aliphatic heterocycles. The van der Waals surface area contributed by atoms with Crippen LogP contribution >= 0.6 is 0 Å². The maximum absolute atomic E-state index is 5.87. The van der Waals surface area contributed by atoms with E-state index in [1.54, 1.807) is 6.20 Å². The van der Waals surface area contributed by atoms with Crippen LogP contribution < -0.4 is 4.74 Å². The molecular formula is C19H27NO3. The molecule has 1 aromatic rings. The second kappa shape index (κ2) is 7.81. The fourth-order valence-corrected chi connectivity index (χ4v) is 2.21. The molecule has 1 saturated carbocycles. The lowest BCUT2D eigenvalue weighted by atomic mass is 9.92. The van der Waals surface area contributed by atoms with Gasteiger partial charge < -0.3 is 14.2 Å². The zero-order valence-corrected chi connectivity index (χ0v) is 14.8. The molecule has 0 unspecified atom stereocenters. The maximum atomic E-state index is 5.87. The van der Waals surface area contributed by atoms with Crippen molar-refractivity contribution in [1.29, 1.82) is 0 Å². The van der Waals surface area contributed by atoms with Crippen LogP contribution in [-0.4, -0.2) is 35.5 Å². The lowest BCUT2D eigenvalue weighted by molar-refractivity contribution is -0.0850. The van der Waals surface area contributed by atoms with E-state index in [0.717, 1.165) is 24.3 Å². The minimum Gasteiger partial charge on any atom is -0.489 e. The number of aromatic nitrogens is 1. The molecule has 0 radical (unpaired) electrons. The Balaban J connectivity index is 1.74. The maximum Gasteiger partial charge on any atom is 0.138 e. The number of pyridine rings is 1. The number of rotatable bonds is 5. The summed E-state index contributed by atoms with van der Waals surface area (Å²) in [6.07, 6.45) is 4.47. The fraction of sp³-hybridized carbons (Fsp3) is 0.632. The van der Waals surface area contributed by atoms with Crippen LogP contribution in [-0.2, 0) is 9.47 Å². The van der Waals surface area contributed by atoms with Crippen molar-refractivity contribution in [3.05, 3.63) is 24.0 Å². The summed E-state index contributed by atoms with van der Waals surface area (Å²) in [4.78, 5) is 4.31. The van der Waals surface area contributed by atoms with Gasteiger partial charge in [-0.15, -0.1) is 0 Å². The van der Waals surface area contributed by atoms with Crippen LogP contribution in [0.3, 0.4) is 0 Å². The Morgan fingerprint density at radius 2 is 1.96 bits per heavy atom. The van der Waals surface area contributed by atoms with Gasteiger partial charge in [0.25, 0.3) is 0 Å². The van der Waals surface area contributed by atoms with Crippen LogP contribution in [0.4, 0.5) is 0 Å². The van der Waals surface area contributed by atoms with Gasteiger partial charge in [-0.1, -0.05) is 5.92 Å². The minimum atomic E-state index is -0.167. The molecule has 0 atom stereocenters. The first-order chi connectivity index (χ1) is 10.8. The standard InChI is InChI=1S/C19H27NO3/c1-14(2)22-17-11-18(12-17)23-16-9-8-15(20-13-16)7-6-10-21-19(3,4)5/h8-9,13-14,17-18H,10-12H2,1-5H3/t17-,18-. The molecule has 23 heavy (non-hydrogen) atoms. The third-order valence-corrected chi connectivity index (χ3v) is 3.35. The van der Waals surface area contributed by atoms with Crippen LogP contribution in [0, 0.1) is 11.8 Å². The van der Waals surface area contributed by atoms with Gasteiger partial charge in [0.05, 0.1) is 24.0 Å². The predicted octanol–water partition coefficient (Wildman–Crippen LogP) is 3.58. The molecule has 0 bridgehead atoms. The molecule has 0 saturated heterocycles. The molecular weight excluding hydrogens is 290 g/mol. The molecule has 1 aliphatic rings. The fourth-order valence-electron chi connectivity index (χ4n) is 2.21. The summed E-state index contributed by atoms with van der Waals surface area (Å²) in [6, 6.07) is 3.79. The Morgan fingerprint density at radius 1 is 1.22 bits per heavy atom. The third kappa shape index (κ3) is 6.60. The monoisotopic (exact) mass is 317 g/mol. The van der Waals surface area contributed by atoms with Gasteiger partial charge in [0.15, 0.2) is 0 Å². The van der Waals surface area contributed by atoms with E-state index in [1.807, 2.05) is 32.9 Å². The molecule has 0 aromatic carbocycles. The van der Waals surface area contributed by atoms with Crippen molar-refractivity contribution in [2.24, 2.45) is 0 Å². The van der Waals surface area contributed by atoms with Crippen LogP contribution in [0.1, 0.15) is 53.2 Å². The second-order valence-corrected chi connectivity index (χ2v) is 7.10. The van der Waals surface area contributed by atoms with E-state index in [4.69, 9.17) is 14.2 Å². The molecule has 4 heteroatoms. The molecule has 1 aromatic heterocycles. The zero-order chi connectivity index (χ0) is 16.9. The summed E-state index contributed by atoms with van der Waals surface area (Å²) in [5.41, 5.74) is 0.559. The van der Waals surface area contributed by atoms with Crippen molar-refractivity contribution in [2.45, 2.75) is 71.4 Å². The van der Waals surface area contributed by atoms with Gasteiger partial charge in [0, 0.05) is 12.8 Å². The quantitative estimate of drug-likeness (QED) is 0.778. The molecule has 2 rings (SSSR count). The van der Waals surface area contributed by atoms with Gasteiger partial charge in [-0.2, -0.15) is 0 Å². The first-order valence-electron chi connectivity index (χ1n) is 8.23. The van der Waals surface area contributed by atoms with E-state index in [1.165, 1.54) is 0 Å². The highest BCUT2D eigenvalue weighted by Crippen LogP contribution is 2.28. The van der Waals surface area contributed by atoms with Crippen molar-refractivity contribution >= 4 is 0 Å². The smallest absolute Gasteiger partial charge is 0.138 e. The van der Waals surface area contributed by atoms with Crippen LogP contribution in [0.5, 0.6) is 5.75 Å². The average molecular weight is 317 g/mol. The molecule has 1 heterocycles. The van der Waals surface area contributed by atoms with Gasteiger partial charge in [0.1, 0.15) is 24.2 Å². The summed E-state index contributed by atoms with van der Waals surface area (Å²) in [5, 5.41) is 0. The summed E-state index contributed by atoms with van der Waals surface area (Å²) in [5.74, 6) is 6.75. The van der Waals surface area contributed by atoms with E-state index in [2.05, 4.69) is 30.7 Å². The zero-order valence-electron chi connectivity index (χ0n) is 14.8. The highest BCUT2D eigenvalue weighted by molar-refractivity contribution is 5.31. The van der Waals surface area contributed by atoms with Crippen molar-refractivity contribution < 1.29 is 14.2 Å². The van der Waals surface area contributed by atoms with Gasteiger partial charge >= 0.3 is 0 Å². The average Bonchev–Trinajstić information content (AvgIpc) is 2.41. The number of hydrogen-bond donors (Lipinski definition) is 0. The van der Waals surface area contributed by atoms with Crippen molar-refractivity contribution in [3.8, 4) is 17.6 Å². The highest BCUT2D eigenvalue weighted by atomic mass is 16.5. The molecule has 1 fully saturated rings. The van der Waals surface area contributed by atoms with Crippen molar-refractivity contribution in [3.63, 3.8) is 0 Å². The van der Waals surface area contributed by atoms with Gasteiger partial charge in [-0.05, 0) is 52.7 Å². The summed E-state index contributed by atoms with van der Waals surface area (Å²) in [6.45, 7) is 10.6. The Hall–Kier alpha value is -1.57. The van der Waals surface area contributed by atoms with Crippen molar-refractivity contribution in [2.75, 3.05) is 6.61 Å². The third-order valence-electron chi connectivity index (χ3n) is 3.35. The Labute approximate surface area is 139 Å². The molecule has 0 spiro atoms. The SMILES string of the molecule is CC(C)O[C@H]1C[C@H](Oc2ccc(C#CCOC(C)(C)C)nc2)C1. The number of nitrogens with zero attached hydrogens (tertiary/aromatic N) is 1. The van der Waals surface area contributed by atoms with E-state index in [0.29, 0.717) is 12.7 Å². The van der Waals surface area contributed by atoms with Gasteiger partial charge in [-0.25, -0.2) is 4.98 Å². The Bertz CT molecular complexity index is 543. The molecule has 126 valence electrons. The van der Waals surface area contributed by atoms with Crippen LogP contribution in [0.15, 0.2) is 18.3 Å². The van der Waals surface area contributed by atoms with Crippen LogP contribution in [0.2, 0.25) is 0 Å². The first kappa shape index (κ1) is 17.8. The number of ether oxygens (including phenoxy) is 3. The van der Waals surface area contributed by atoms with E-state index < -0.39 is 0 Å². The molecule has 4 nitrogen and oxygen atoms in total. The number of hydrogen-bond acceptors (Lipinski definition) is 4. The van der Waals surface area contributed by atoms with Crippen molar-refractivity contribution in [1.82, 2.24) is 4.98 Å². The molecule has 1 aliphatic carbocycles. The van der Waals surface area contributed by atoms with E-state index in [9.17, 15) is 0 Å². The minimum absolute atomic E-state index is 0.167. The predicted molar refractivity (Wildman–Crippen MR) is 90.5 cm³/mol. The summed E-state index contributed by atoms with van der Waals surface area (Å²) < 4.78 is 17.1. The second-order valence-electron chi connectivity index (χ2n) is 7.10. The Kier molecular flexibility index (Phi) is 6.04.